The lowest BCUT2D eigenvalue weighted by Crippen LogP contribution is -2.51. The highest BCUT2D eigenvalue weighted by Gasteiger charge is 2.59. The van der Waals surface area contributed by atoms with E-state index in [2.05, 4.69) is 41.3 Å². The van der Waals surface area contributed by atoms with Gasteiger partial charge in [-0.25, -0.2) is 0 Å². The van der Waals surface area contributed by atoms with Crippen LogP contribution in [0, 0.1) is 40.4 Å². The first kappa shape index (κ1) is 29.0. The number of piperidine rings is 1. The zero-order valence-corrected chi connectivity index (χ0v) is 25.3. The Morgan fingerprint density at radius 2 is 2.05 bits per heavy atom. The second-order valence-electron chi connectivity index (χ2n) is 14.5. The molecule has 1 spiro atoms. The molecule has 9 nitrogen and oxygen atoms in total. The Bertz CT molecular complexity index is 1140. The summed E-state index contributed by atoms with van der Waals surface area (Å²) in [5.74, 6) is 8.37. The first-order valence-corrected chi connectivity index (χ1v) is 16.2. The van der Waals surface area contributed by atoms with Crippen LogP contribution in [0.4, 0.5) is 0 Å². The number of likely N-dealkylation sites (tertiary alicyclic amines) is 1. The summed E-state index contributed by atoms with van der Waals surface area (Å²) in [4.78, 5) is 27.1. The van der Waals surface area contributed by atoms with E-state index < -0.39 is 0 Å². The van der Waals surface area contributed by atoms with Gasteiger partial charge in [-0.1, -0.05) is 30.2 Å². The highest BCUT2D eigenvalue weighted by atomic mass is 16.5. The molecule has 41 heavy (non-hydrogen) atoms. The summed E-state index contributed by atoms with van der Waals surface area (Å²) in [6.45, 7) is 9.74. The minimum Gasteiger partial charge on any atom is -0.369 e. The van der Waals surface area contributed by atoms with Gasteiger partial charge in [0.05, 0.1) is 18.1 Å². The average molecular weight is 567 g/mol. The van der Waals surface area contributed by atoms with E-state index in [1.165, 1.54) is 25.7 Å². The number of amides is 1. The van der Waals surface area contributed by atoms with Gasteiger partial charge in [0.2, 0.25) is 5.91 Å². The lowest BCUT2D eigenvalue weighted by atomic mass is 9.52. The molecule has 226 valence electrons. The lowest BCUT2D eigenvalue weighted by molar-refractivity contribution is -0.129. The third-order valence-corrected chi connectivity index (χ3v) is 12.6. The molecule has 0 bridgehead atoms. The fraction of sp³-hybridized carbons (Fsp3) is 0.844. The summed E-state index contributed by atoms with van der Waals surface area (Å²) in [6, 6.07) is 0.377. The Labute approximate surface area is 245 Å². The predicted molar refractivity (Wildman–Crippen MR) is 157 cm³/mol. The maximum atomic E-state index is 12.3. The zero-order valence-electron chi connectivity index (χ0n) is 25.3. The van der Waals surface area contributed by atoms with Crippen molar-refractivity contribution in [1.82, 2.24) is 10.2 Å². The Balaban J connectivity index is 1.13. The lowest BCUT2D eigenvalue weighted by Gasteiger charge is -2.52. The topological polar surface area (TPSA) is 133 Å². The van der Waals surface area contributed by atoms with Gasteiger partial charge in [-0.2, -0.15) is 0 Å². The molecule has 0 aromatic rings. The number of amidine groups is 1. The van der Waals surface area contributed by atoms with Gasteiger partial charge < -0.3 is 15.9 Å². The van der Waals surface area contributed by atoms with Gasteiger partial charge >= 0.3 is 0 Å². The van der Waals surface area contributed by atoms with E-state index in [0.29, 0.717) is 41.5 Å². The van der Waals surface area contributed by atoms with Crippen molar-refractivity contribution < 1.29 is 14.3 Å². The average Bonchev–Trinajstić information content (AvgIpc) is 3.40. The molecule has 9 heteroatoms. The SMILES string of the molecule is CC1=C2CC3C(CCC4CC(=O)CCC43C)C2CCC2(C1)OC1CCCN(CCNC(=O)CC(=N)N=NN)[C@H]1C2C. The molecule has 0 aromatic carbocycles. The van der Waals surface area contributed by atoms with Crippen LogP contribution >= 0.6 is 0 Å². The molecule has 8 unspecified atom stereocenters. The minimum atomic E-state index is -0.221. The Kier molecular flexibility index (Phi) is 7.90. The van der Waals surface area contributed by atoms with Crippen molar-refractivity contribution in [1.29, 1.82) is 5.41 Å². The molecule has 6 rings (SSSR count). The van der Waals surface area contributed by atoms with Crippen molar-refractivity contribution in [3.05, 3.63) is 11.1 Å². The number of carbonyl (C=O) groups excluding carboxylic acids is 2. The summed E-state index contributed by atoms with van der Waals surface area (Å²) in [5, 5.41) is 17.1. The first-order valence-electron chi connectivity index (χ1n) is 16.2. The minimum absolute atomic E-state index is 0.0985. The number of hydrogen-bond acceptors (Lipinski definition) is 6. The molecule has 4 N–H and O–H groups in total. The van der Waals surface area contributed by atoms with E-state index in [-0.39, 0.29) is 29.9 Å². The van der Waals surface area contributed by atoms with Crippen molar-refractivity contribution in [2.24, 2.45) is 51.2 Å². The first-order chi connectivity index (χ1) is 19.6. The van der Waals surface area contributed by atoms with Gasteiger partial charge in [0.25, 0.3) is 0 Å². The van der Waals surface area contributed by atoms with Gasteiger partial charge in [0, 0.05) is 37.9 Å². The maximum Gasteiger partial charge on any atom is 0.227 e. The molecule has 2 aliphatic heterocycles. The van der Waals surface area contributed by atoms with Crippen LogP contribution in [0.2, 0.25) is 0 Å². The Hall–Kier alpha value is -2.13. The highest BCUT2D eigenvalue weighted by Crippen LogP contribution is 2.65. The molecule has 2 heterocycles. The van der Waals surface area contributed by atoms with Crippen molar-refractivity contribution >= 4 is 17.5 Å². The second-order valence-corrected chi connectivity index (χ2v) is 14.5. The van der Waals surface area contributed by atoms with Crippen LogP contribution in [0.3, 0.4) is 0 Å². The van der Waals surface area contributed by atoms with Crippen molar-refractivity contribution in [2.75, 3.05) is 19.6 Å². The van der Waals surface area contributed by atoms with Crippen LogP contribution in [0.5, 0.6) is 0 Å². The summed E-state index contributed by atoms with van der Waals surface area (Å²) in [7, 11) is 0. The third kappa shape index (κ3) is 5.09. The monoisotopic (exact) mass is 566 g/mol. The van der Waals surface area contributed by atoms with Crippen LogP contribution in [-0.4, -0.2) is 59.8 Å². The maximum absolute atomic E-state index is 12.3. The van der Waals surface area contributed by atoms with Crippen LogP contribution in [-0.2, 0) is 14.3 Å². The van der Waals surface area contributed by atoms with E-state index >= 15 is 0 Å². The van der Waals surface area contributed by atoms with Crippen LogP contribution < -0.4 is 11.2 Å². The Morgan fingerprint density at radius 3 is 2.85 bits per heavy atom. The van der Waals surface area contributed by atoms with Crippen LogP contribution in [0.15, 0.2) is 21.5 Å². The molecule has 1 amide bonds. The molecular weight excluding hydrogens is 516 g/mol. The van der Waals surface area contributed by atoms with E-state index in [0.717, 1.165) is 69.9 Å². The molecule has 0 radical (unpaired) electrons. The fourth-order valence-corrected chi connectivity index (χ4v) is 10.6. The van der Waals surface area contributed by atoms with E-state index in [1.807, 2.05) is 0 Å². The number of ketones is 1. The van der Waals surface area contributed by atoms with Crippen molar-refractivity contribution in [2.45, 2.75) is 116 Å². The van der Waals surface area contributed by atoms with Gasteiger partial charge in [-0.05, 0) is 100 Å². The van der Waals surface area contributed by atoms with Crippen LogP contribution in [0.1, 0.15) is 97.8 Å². The van der Waals surface area contributed by atoms with Crippen LogP contribution in [0.25, 0.3) is 0 Å². The normalized spacial score (nSPS) is 42.5. The highest BCUT2D eigenvalue weighted by molar-refractivity contribution is 5.98. The van der Waals surface area contributed by atoms with Crippen molar-refractivity contribution in [3.63, 3.8) is 0 Å². The number of fused-ring (bicyclic) bond motifs is 6. The molecule has 2 saturated heterocycles. The molecule has 3 saturated carbocycles. The molecule has 9 atom stereocenters. The largest absolute Gasteiger partial charge is 0.369 e. The third-order valence-electron chi connectivity index (χ3n) is 12.6. The number of nitrogens with zero attached hydrogens (tertiary/aromatic N) is 3. The number of ether oxygens (including phenoxy) is 1. The molecule has 4 aliphatic carbocycles. The molecular formula is C32H50N6O3. The number of rotatable bonds is 5. The summed E-state index contributed by atoms with van der Waals surface area (Å²) >= 11 is 0. The number of allylic oxidation sites excluding steroid dienone is 1. The Morgan fingerprint density at radius 1 is 1.22 bits per heavy atom. The van der Waals surface area contributed by atoms with E-state index in [1.54, 1.807) is 11.1 Å². The quantitative estimate of drug-likeness (QED) is 0.108. The number of hydrogen-bond donors (Lipinski definition) is 3. The summed E-state index contributed by atoms with van der Waals surface area (Å²) in [5.41, 5.74) is 3.58. The number of nitrogens with two attached hydrogens (primary N) is 1. The number of carbonyl (C=O) groups is 2. The smallest absolute Gasteiger partial charge is 0.227 e. The number of Topliss-reactive ketones (excluding diaryl/α,β-unsaturated/α-hetero) is 1. The fourth-order valence-electron chi connectivity index (χ4n) is 10.6. The van der Waals surface area contributed by atoms with Gasteiger partial charge in [0.1, 0.15) is 5.78 Å². The van der Waals surface area contributed by atoms with E-state index in [4.69, 9.17) is 16.0 Å². The predicted octanol–water partition coefficient (Wildman–Crippen LogP) is 4.96. The van der Waals surface area contributed by atoms with Gasteiger partial charge in [0.15, 0.2) is 5.84 Å². The standard InChI is InChI=1S/C32H50N6O3/c1-19-18-32(11-9-23-24-7-6-21-15-22(39)8-10-31(21,3)26(24)16-25(19)23)20(2)30-27(41-32)5-4-13-38(30)14-12-35-29(40)17-28(33)36-37-34/h20-21,23-24,26-27,30H,4-18H2,1-3H3,(H,35,40)(H3,33,34,36)/t20?,21?,23?,24?,26?,27?,30-,31?,32?/m0/s1. The number of nitrogens with one attached hydrogen (secondary N) is 2. The summed E-state index contributed by atoms with van der Waals surface area (Å²) < 4.78 is 7.15. The van der Waals surface area contributed by atoms with E-state index in [9.17, 15) is 9.59 Å². The zero-order chi connectivity index (χ0) is 28.9. The molecule has 6 aliphatic rings. The molecule has 5 fully saturated rings. The molecule has 0 aromatic heterocycles. The summed E-state index contributed by atoms with van der Waals surface area (Å²) in [6.07, 6.45) is 12.3. The van der Waals surface area contributed by atoms with Gasteiger partial charge in [-0.3, -0.25) is 19.9 Å². The van der Waals surface area contributed by atoms with Gasteiger partial charge in [-0.15, -0.1) is 5.11 Å². The second kappa shape index (κ2) is 11.2. The van der Waals surface area contributed by atoms with Crippen molar-refractivity contribution in [3.8, 4) is 0 Å².